The first-order valence-electron chi connectivity index (χ1n) is 6.60. The van der Waals surface area contributed by atoms with Gasteiger partial charge >= 0.3 is 0 Å². The lowest BCUT2D eigenvalue weighted by Crippen LogP contribution is -2.42. The zero-order valence-electron chi connectivity index (χ0n) is 12.0. The van der Waals surface area contributed by atoms with Crippen LogP contribution in [0, 0.1) is 0 Å². The van der Waals surface area contributed by atoms with Crippen molar-refractivity contribution in [3.63, 3.8) is 0 Å². The molecule has 0 radical (unpaired) electrons. The number of anilines is 1. The molecule has 5 nitrogen and oxygen atoms in total. The summed E-state index contributed by atoms with van der Waals surface area (Å²) in [4.78, 5) is 16.3. The Morgan fingerprint density at radius 3 is 2.53 bits per heavy atom. The molecule has 0 bridgehead atoms. The first-order valence-corrected chi connectivity index (χ1v) is 6.60. The van der Waals surface area contributed by atoms with Crippen LogP contribution in [0.4, 0.5) is 5.69 Å². The van der Waals surface area contributed by atoms with Gasteiger partial charge in [-0.1, -0.05) is 6.92 Å². The first kappa shape index (κ1) is 15.4. The van der Waals surface area contributed by atoms with Crippen molar-refractivity contribution in [3.8, 4) is 5.88 Å². The Morgan fingerprint density at radius 1 is 1.32 bits per heavy atom. The SMILES string of the molecule is CCOc1ccc(NC(=O)C(C)(CC)OCC)cn1. The van der Waals surface area contributed by atoms with E-state index in [1.807, 2.05) is 20.8 Å². The highest BCUT2D eigenvalue weighted by molar-refractivity contribution is 5.96. The van der Waals surface area contributed by atoms with Crippen LogP contribution in [0.5, 0.6) is 5.88 Å². The van der Waals surface area contributed by atoms with Gasteiger partial charge < -0.3 is 14.8 Å². The molecular formula is C14H22N2O3. The Balaban J connectivity index is 2.70. The normalized spacial score (nSPS) is 13.7. The van der Waals surface area contributed by atoms with E-state index >= 15 is 0 Å². The van der Waals surface area contributed by atoms with Crippen LogP contribution in [-0.2, 0) is 9.53 Å². The molecule has 1 unspecified atom stereocenters. The van der Waals surface area contributed by atoms with E-state index in [4.69, 9.17) is 9.47 Å². The maximum absolute atomic E-state index is 12.2. The predicted molar refractivity (Wildman–Crippen MR) is 74.4 cm³/mol. The van der Waals surface area contributed by atoms with E-state index in [0.717, 1.165) is 0 Å². The van der Waals surface area contributed by atoms with E-state index in [-0.39, 0.29) is 5.91 Å². The zero-order valence-corrected chi connectivity index (χ0v) is 12.0. The van der Waals surface area contributed by atoms with Gasteiger partial charge in [-0.3, -0.25) is 4.79 Å². The molecule has 19 heavy (non-hydrogen) atoms. The third kappa shape index (κ3) is 4.21. The Labute approximate surface area is 114 Å². The lowest BCUT2D eigenvalue weighted by molar-refractivity contribution is -0.139. The first-order chi connectivity index (χ1) is 9.05. The number of nitrogens with one attached hydrogen (secondary N) is 1. The molecule has 1 atom stereocenters. The lowest BCUT2D eigenvalue weighted by Gasteiger charge is -2.26. The summed E-state index contributed by atoms with van der Waals surface area (Å²) in [6.45, 7) is 8.54. The predicted octanol–water partition coefficient (Wildman–Crippen LogP) is 2.62. The molecule has 0 aliphatic heterocycles. The van der Waals surface area contributed by atoms with E-state index in [0.29, 0.717) is 31.2 Å². The number of hydrogen-bond donors (Lipinski definition) is 1. The summed E-state index contributed by atoms with van der Waals surface area (Å²) in [5.41, 5.74) is -0.180. The van der Waals surface area contributed by atoms with Crippen molar-refractivity contribution in [1.29, 1.82) is 0 Å². The summed E-state index contributed by atoms with van der Waals surface area (Å²) in [6, 6.07) is 3.49. The molecule has 1 N–H and O–H groups in total. The third-order valence-corrected chi connectivity index (χ3v) is 2.90. The molecule has 1 amide bonds. The van der Waals surface area contributed by atoms with E-state index in [9.17, 15) is 4.79 Å². The molecule has 0 spiro atoms. The Kier molecular flexibility index (Phi) is 5.76. The molecule has 0 aromatic carbocycles. The van der Waals surface area contributed by atoms with Crippen molar-refractivity contribution < 1.29 is 14.3 Å². The molecule has 5 heteroatoms. The van der Waals surface area contributed by atoms with Gasteiger partial charge in [0.2, 0.25) is 5.88 Å². The molecule has 1 aromatic rings. The number of carbonyl (C=O) groups excluding carboxylic acids is 1. The summed E-state index contributed by atoms with van der Waals surface area (Å²) < 4.78 is 10.8. The largest absolute Gasteiger partial charge is 0.478 e. The van der Waals surface area contributed by atoms with Crippen LogP contribution in [0.25, 0.3) is 0 Å². The van der Waals surface area contributed by atoms with E-state index in [1.165, 1.54) is 0 Å². The highest BCUT2D eigenvalue weighted by atomic mass is 16.5. The molecule has 0 saturated heterocycles. The third-order valence-electron chi connectivity index (χ3n) is 2.90. The quantitative estimate of drug-likeness (QED) is 0.824. The smallest absolute Gasteiger partial charge is 0.256 e. The summed E-state index contributed by atoms with van der Waals surface area (Å²) in [6.07, 6.45) is 2.18. The van der Waals surface area contributed by atoms with Crippen molar-refractivity contribution in [2.45, 2.75) is 39.7 Å². The highest BCUT2D eigenvalue weighted by Crippen LogP contribution is 2.19. The van der Waals surface area contributed by atoms with Gasteiger partial charge in [0.1, 0.15) is 5.60 Å². The van der Waals surface area contributed by atoms with Crippen molar-refractivity contribution in [3.05, 3.63) is 18.3 Å². The molecule has 1 rings (SSSR count). The van der Waals surface area contributed by atoms with Crippen molar-refractivity contribution in [1.82, 2.24) is 4.98 Å². The van der Waals surface area contributed by atoms with Gasteiger partial charge in [0.05, 0.1) is 18.5 Å². The number of amides is 1. The molecular weight excluding hydrogens is 244 g/mol. The van der Waals surface area contributed by atoms with Gasteiger partial charge in [-0.05, 0) is 33.3 Å². The summed E-state index contributed by atoms with van der Waals surface area (Å²) in [5.74, 6) is 0.381. The number of ether oxygens (including phenoxy) is 2. The summed E-state index contributed by atoms with van der Waals surface area (Å²) >= 11 is 0. The second-order valence-corrected chi connectivity index (χ2v) is 4.29. The monoisotopic (exact) mass is 266 g/mol. The fourth-order valence-electron chi connectivity index (χ4n) is 1.60. The van der Waals surface area contributed by atoms with Crippen LogP contribution < -0.4 is 10.1 Å². The molecule has 0 saturated carbocycles. The minimum atomic E-state index is -0.812. The van der Waals surface area contributed by atoms with E-state index in [2.05, 4.69) is 10.3 Å². The van der Waals surface area contributed by atoms with E-state index < -0.39 is 5.60 Å². The van der Waals surface area contributed by atoms with Crippen molar-refractivity contribution in [2.24, 2.45) is 0 Å². The van der Waals surface area contributed by atoms with Gasteiger partial charge in [0.25, 0.3) is 5.91 Å². The van der Waals surface area contributed by atoms with Crippen LogP contribution in [-0.4, -0.2) is 29.7 Å². The maximum Gasteiger partial charge on any atom is 0.256 e. The van der Waals surface area contributed by atoms with Crippen molar-refractivity contribution >= 4 is 11.6 Å². The second kappa shape index (κ2) is 7.09. The number of carbonyl (C=O) groups is 1. The lowest BCUT2D eigenvalue weighted by atomic mass is 10.0. The van der Waals surface area contributed by atoms with Gasteiger partial charge in [0.15, 0.2) is 0 Å². The molecule has 0 aliphatic rings. The minimum Gasteiger partial charge on any atom is -0.478 e. The Morgan fingerprint density at radius 2 is 2.05 bits per heavy atom. The molecule has 0 aliphatic carbocycles. The molecule has 106 valence electrons. The highest BCUT2D eigenvalue weighted by Gasteiger charge is 2.31. The number of rotatable bonds is 7. The summed E-state index contributed by atoms with van der Waals surface area (Å²) in [7, 11) is 0. The Bertz CT molecular complexity index is 406. The van der Waals surface area contributed by atoms with Crippen LogP contribution in [0.3, 0.4) is 0 Å². The van der Waals surface area contributed by atoms with Gasteiger partial charge in [-0.2, -0.15) is 0 Å². The van der Waals surface area contributed by atoms with Crippen LogP contribution in [0.1, 0.15) is 34.1 Å². The number of nitrogens with zero attached hydrogens (tertiary/aromatic N) is 1. The minimum absolute atomic E-state index is 0.164. The van der Waals surface area contributed by atoms with Gasteiger partial charge in [-0.25, -0.2) is 4.98 Å². The second-order valence-electron chi connectivity index (χ2n) is 4.29. The molecule has 1 aromatic heterocycles. The molecule has 1 heterocycles. The number of pyridine rings is 1. The van der Waals surface area contributed by atoms with Crippen LogP contribution in [0.2, 0.25) is 0 Å². The standard InChI is InChI=1S/C14H22N2O3/c1-5-14(4,19-7-3)13(17)16-11-8-9-12(15-10-11)18-6-2/h8-10H,5-7H2,1-4H3,(H,16,17). The fourth-order valence-corrected chi connectivity index (χ4v) is 1.60. The van der Waals surface area contributed by atoms with E-state index in [1.54, 1.807) is 25.3 Å². The topological polar surface area (TPSA) is 60.5 Å². The van der Waals surface area contributed by atoms with Crippen molar-refractivity contribution in [2.75, 3.05) is 18.5 Å². The maximum atomic E-state index is 12.2. The number of aromatic nitrogens is 1. The summed E-state index contributed by atoms with van der Waals surface area (Å²) in [5, 5.41) is 2.81. The van der Waals surface area contributed by atoms with Gasteiger partial charge in [-0.15, -0.1) is 0 Å². The number of hydrogen-bond acceptors (Lipinski definition) is 4. The molecule has 0 fully saturated rings. The average Bonchev–Trinajstić information content (AvgIpc) is 2.41. The van der Waals surface area contributed by atoms with Crippen LogP contribution in [0.15, 0.2) is 18.3 Å². The zero-order chi connectivity index (χ0) is 14.3. The van der Waals surface area contributed by atoms with Crippen LogP contribution >= 0.6 is 0 Å². The Hall–Kier alpha value is -1.62. The average molecular weight is 266 g/mol. The fraction of sp³-hybridized carbons (Fsp3) is 0.571. The van der Waals surface area contributed by atoms with Gasteiger partial charge in [0, 0.05) is 12.7 Å².